The quantitative estimate of drug-likeness (QED) is 0.647. The van der Waals surface area contributed by atoms with Crippen LogP contribution in [0.1, 0.15) is 60.8 Å². The fraction of sp³-hybridized carbons (Fsp3) is 0.917. The van der Waals surface area contributed by atoms with Crippen LogP contribution in [-0.2, 0) is 4.79 Å². The third-order valence-electron chi connectivity index (χ3n) is 2.20. The summed E-state index contributed by atoms with van der Waals surface area (Å²) in [7, 11) is 0. The first-order valence-corrected chi connectivity index (χ1v) is 5.41. The number of carbonyl (C=O) groups is 1. The second kappa shape index (κ2) is 9.76. The standard InChI is InChI=1S/C9H20.C3H6O/c1-5-8(3)7-9(4)6-2;1-3(2)4/h8-9H,5-7H2,1-4H3;1-2H3. The van der Waals surface area contributed by atoms with Gasteiger partial charge < -0.3 is 4.79 Å². The maximum Gasteiger partial charge on any atom is 0.126 e. The second-order valence-electron chi connectivity index (χ2n) is 4.17. The van der Waals surface area contributed by atoms with E-state index in [-0.39, 0.29) is 5.78 Å². The molecule has 2 unspecified atom stereocenters. The summed E-state index contributed by atoms with van der Waals surface area (Å²) in [6.45, 7) is 12.3. The maximum atomic E-state index is 9.44. The zero-order valence-electron chi connectivity index (χ0n) is 10.2. The highest BCUT2D eigenvalue weighted by molar-refractivity contribution is 5.72. The monoisotopic (exact) mass is 186 g/mol. The average molecular weight is 186 g/mol. The number of hydrogen-bond donors (Lipinski definition) is 0. The van der Waals surface area contributed by atoms with E-state index >= 15 is 0 Å². The van der Waals surface area contributed by atoms with Crippen molar-refractivity contribution >= 4 is 5.78 Å². The Balaban J connectivity index is 0. The molecule has 0 radical (unpaired) electrons. The van der Waals surface area contributed by atoms with Crippen LogP contribution in [-0.4, -0.2) is 5.78 Å². The first-order valence-electron chi connectivity index (χ1n) is 5.41. The van der Waals surface area contributed by atoms with E-state index in [1.165, 1.54) is 33.1 Å². The van der Waals surface area contributed by atoms with Gasteiger partial charge in [-0.25, -0.2) is 0 Å². The Morgan fingerprint density at radius 3 is 1.38 bits per heavy atom. The summed E-state index contributed by atoms with van der Waals surface area (Å²) in [5.41, 5.74) is 0. The molecule has 1 heteroatoms. The molecule has 0 heterocycles. The highest BCUT2D eigenvalue weighted by Crippen LogP contribution is 2.16. The topological polar surface area (TPSA) is 17.1 Å². The zero-order chi connectivity index (χ0) is 10.9. The van der Waals surface area contributed by atoms with Crippen molar-refractivity contribution in [3.8, 4) is 0 Å². The van der Waals surface area contributed by atoms with E-state index in [4.69, 9.17) is 0 Å². The smallest absolute Gasteiger partial charge is 0.126 e. The molecule has 0 aromatic carbocycles. The lowest BCUT2D eigenvalue weighted by Gasteiger charge is -2.12. The second-order valence-corrected chi connectivity index (χ2v) is 4.17. The van der Waals surface area contributed by atoms with Crippen molar-refractivity contribution in [2.75, 3.05) is 0 Å². The molecule has 0 saturated heterocycles. The van der Waals surface area contributed by atoms with Crippen LogP contribution in [0, 0.1) is 11.8 Å². The molecule has 0 bridgehead atoms. The third kappa shape index (κ3) is 18.5. The summed E-state index contributed by atoms with van der Waals surface area (Å²) in [6, 6.07) is 0. The number of carbonyl (C=O) groups excluding carboxylic acids is 1. The summed E-state index contributed by atoms with van der Waals surface area (Å²) >= 11 is 0. The SMILES string of the molecule is CC(C)=O.CCC(C)CC(C)CC. The third-order valence-corrected chi connectivity index (χ3v) is 2.20. The predicted octanol–water partition coefficient (Wildman–Crippen LogP) is 4.06. The van der Waals surface area contributed by atoms with Gasteiger partial charge in [0.1, 0.15) is 5.78 Å². The van der Waals surface area contributed by atoms with Crippen molar-refractivity contribution in [3.63, 3.8) is 0 Å². The zero-order valence-corrected chi connectivity index (χ0v) is 10.2. The molecule has 0 rings (SSSR count). The minimum atomic E-state index is 0.167. The normalized spacial score (nSPS) is 14.0. The lowest BCUT2D eigenvalue weighted by Crippen LogP contribution is -2.00. The average Bonchev–Trinajstić information content (AvgIpc) is 2.03. The summed E-state index contributed by atoms with van der Waals surface area (Å²) in [5, 5.41) is 0. The number of rotatable bonds is 4. The van der Waals surface area contributed by atoms with E-state index in [0.717, 1.165) is 11.8 Å². The van der Waals surface area contributed by atoms with Crippen LogP contribution < -0.4 is 0 Å². The van der Waals surface area contributed by atoms with E-state index in [2.05, 4.69) is 27.7 Å². The highest BCUT2D eigenvalue weighted by atomic mass is 16.1. The van der Waals surface area contributed by atoms with Crippen LogP contribution in [0.3, 0.4) is 0 Å². The highest BCUT2D eigenvalue weighted by Gasteiger charge is 2.03. The molecule has 1 nitrogen and oxygen atoms in total. The van der Waals surface area contributed by atoms with Crippen molar-refractivity contribution in [2.45, 2.75) is 60.8 Å². The molecule has 0 aromatic rings. The van der Waals surface area contributed by atoms with Gasteiger partial charge in [0, 0.05) is 0 Å². The van der Waals surface area contributed by atoms with Gasteiger partial charge in [-0.15, -0.1) is 0 Å². The molecule has 80 valence electrons. The van der Waals surface area contributed by atoms with Gasteiger partial charge in [0.15, 0.2) is 0 Å². The minimum absolute atomic E-state index is 0.167. The summed E-state index contributed by atoms with van der Waals surface area (Å²) < 4.78 is 0. The lowest BCUT2D eigenvalue weighted by atomic mass is 9.94. The van der Waals surface area contributed by atoms with Gasteiger partial charge in [0.2, 0.25) is 0 Å². The van der Waals surface area contributed by atoms with E-state index < -0.39 is 0 Å². The van der Waals surface area contributed by atoms with Gasteiger partial charge in [-0.05, 0) is 32.1 Å². The summed E-state index contributed by atoms with van der Waals surface area (Å²) in [6.07, 6.45) is 4.08. The Morgan fingerprint density at radius 2 is 1.23 bits per heavy atom. The molecular formula is C12H26O. The van der Waals surface area contributed by atoms with Gasteiger partial charge >= 0.3 is 0 Å². The molecule has 0 N–H and O–H groups in total. The fourth-order valence-corrected chi connectivity index (χ4v) is 1.02. The Morgan fingerprint density at radius 1 is 1.00 bits per heavy atom. The minimum Gasteiger partial charge on any atom is -0.300 e. The number of ketones is 1. The van der Waals surface area contributed by atoms with Gasteiger partial charge in [0.05, 0.1) is 0 Å². The molecule has 0 spiro atoms. The molecule has 0 fully saturated rings. The summed E-state index contributed by atoms with van der Waals surface area (Å²) in [5.74, 6) is 2.03. The van der Waals surface area contributed by atoms with Crippen LogP contribution >= 0.6 is 0 Å². The van der Waals surface area contributed by atoms with Gasteiger partial charge in [0.25, 0.3) is 0 Å². The number of Topliss-reactive ketones (excluding diaryl/α,β-unsaturated/α-hetero) is 1. The van der Waals surface area contributed by atoms with E-state index in [1.807, 2.05) is 0 Å². The molecule has 0 aliphatic heterocycles. The Labute approximate surface area is 83.9 Å². The summed E-state index contributed by atoms with van der Waals surface area (Å²) in [4.78, 5) is 9.44. The molecule has 0 saturated carbocycles. The van der Waals surface area contributed by atoms with E-state index in [0.29, 0.717) is 0 Å². The first kappa shape index (κ1) is 15.2. The van der Waals surface area contributed by atoms with Crippen LogP contribution in [0.2, 0.25) is 0 Å². The van der Waals surface area contributed by atoms with Crippen LogP contribution in [0.4, 0.5) is 0 Å². The Hall–Kier alpha value is -0.330. The molecule has 2 atom stereocenters. The largest absolute Gasteiger partial charge is 0.300 e. The first-order chi connectivity index (χ1) is 5.93. The van der Waals surface area contributed by atoms with Crippen molar-refractivity contribution < 1.29 is 4.79 Å². The van der Waals surface area contributed by atoms with Gasteiger partial charge in [-0.3, -0.25) is 0 Å². The molecule has 0 aromatic heterocycles. The van der Waals surface area contributed by atoms with Crippen molar-refractivity contribution in [3.05, 3.63) is 0 Å². The maximum absolute atomic E-state index is 9.44. The molecular weight excluding hydrogens is 160 g/mol. The van der Waals surface area contributed by atoms with Crippen LogP contribution in [0.15, 0.2) is 0 Å². The number of hydrogen-bond acceptors (Lipinski definition) is 1. The lowest BCUT2D eigenvalue weighted by molar-refractivity contribution is -0.114. The molecule has 13 heavy (non-hydrogen) atoms. The molecule has 0 aliphatic carbocycles. The van der Waals surface area contributed by atoms with E-state index in [1.54, 1.807) is 0 Å². The van der Waals surface area contributed by atoms with Crippen LogP contribution in [0.5, 0.6) is 0 Å². The van der Waals surface area contributed by atoms with Crippen molar-refractivity contribution in [1.82, 2.24) is 0 Å². The van der Waals surface area contributed by atoms with Gasteiger partial charge in [-0.1, -0.05) is 40.5 Å². The van der Waals surface area contributed by atoms with Crippen molar-refractivity contribution in [2.24, 2.45) is 11.8 Å². The Kier molecular flexibility index (Phi) is 11.4. The Bertz CT molecular complexity index is 106. The predicted molar refractivity (Wildman–Crippen MR) is 59.9 cm³/mol. The molecule has 0 aliphatic rings. The molecule has 0 amide bonds. The van der Waals surface area contributed by atoms with Gasteiger partial charge in [-0.2, -0.15) is 0 Å². The van der Waals surface area contributed by atoms with E-state index in [9.17, 15) is 4.79 Å². The fourth-order valence-electron chi connectivity index (χ4n) is 1.02. The van der Waals surface area contributed by atoms with Crippen LogP contribution in [0.25, 0.3) is 0 Å². The van der Waals surface area contributed by atoms with Crippen molar-refractivity contribution in [1.29, 1.82) is 0 Å².